The van der Waals surface area contributed by atoms with Crippen LogP contribution in [0.2, 0.25) is 0 Å². The molecule has 2 aromatic heterocycles. The van der Waals surface area contributed by atoms with E-state index in [0.29, 0.717) is 17.0 Å². The molecule has 1 aromatic carbocycles. The van der Waals surface area contributed by atoms with E-state index < -0.39 is 0 Å². The van der Waals surface area contributed by atoms with Crippen molar-refractivity contribution in [3.8, 4) is 11.3 Å². The Kier molecular flexibility index (Phi) is 3.99. The number of likely N-dealkylation sites (tertiary alicyclic amines) is 1. The Morgan fingerprint density at radius 3 is 2.52 bits per heavy atom. The first-order chi connectivity index (χ1) is 12.1. The average molecular weight is 335 g/mol. The van der Waals surface area contributed by atoms with Crippen molar-refractivity contribution in [3.05, 3.63) is 47.2 Å². The van der Waals surface area contributed by atoms with E-state index >= 15 is 0 Å². The van der Waals surface area contributed by atoms with Crippen molar-refractivity contribution >= 4 is 17.0 Å². The standard InChI is InChI=1S/C20H21N3O2/c1-13-6-8-15(9-7-13)17-12-16(18-14(2)22-25-19(18)21-17)20(24)23-10-4-3-5-11-23/h6-9,12H,3-5,10-11H2,1-2H3. The van der Waals surface area contributed by atoms with Crippen LogP contribution in [0.25, 0.3) is 22.4 Å². The highest BCUT2D eigenvalue weighted by atomic mass is 16.5. The van der Waals surface area contributed by atoms with E-state index in [2.05, 4.69) is 10.1 Å². The summed E-state index contributed by atoms with van der Waals surface area (Å²) in [6, 6.07) is 10.00. The van der Waals surface area contributed by atoms with Crippen molar-refractivity contribution < 1.29 is 9.32 Å². The fraction of sp³-hybridized carbons (Fsp3) is 0.350. The van der Waals surface area contributed by atoms with Gasteiger partial charge in [0.1, 0.15) is 0 Å². The van der Waals surface area contributed by atoms with E-state index in [9.17, 15) is 4.79 Å². The van der Waals surface area contributed by atoms with Crippen LogP contribution in [0.4, 0.5) is 0 Å². The second kappa shape index (κ2) is 6.31. The fourth-order valence-corrected chi connectivity index (χ4v) is 3.40. The largest absolute Gasteiger partial charge is 0.339 e. The lowest BCUT2D eigenvalue weighted by molar-refractivity contribution is 0.0726. The molecule has 128 valence electrons. The molecule has 0 saturated carbocycles. The minimum Gasteiger partial charge on any atom is -0.339 e. The lowest BCUT2D eigenvalue weighted by Crippen LogP contribution is -2.35. The Hall–Kier alpha value is -2.69. The van der Waals surface area contributed by atoms with Gasteiger partial charge in [0.05, 0.1) is 22.3 Å². The van der Waals surface area contributed by atoms with Crippen molar-refractivity contribution in [2.75, 3.05) is 13.1 Å². The van der Waals surface area contributed by atoms with E-state index in [-0.39, 0.29) is 5.91 Å². The molecule has 0 atom stereocenters. The third-order valence-corrected chi connectivity index (χ3v) is 4.84. The van der Waals surface area contributed by atoms with Crippen LogP contribution in [0.3, 0.4) is 0 Å². The zero-order valence-corrected chi connectivity index (χ0v) is 14.6. The first-order valence-corrected chi connectivity index (χ1v) is 8.77. The van der Waals surface area contributed by atoms with Gasteiger partial charge in [-0.05, 0) is 39.2 Å². The predicted molar refractivity (Wildman–Crippen MR) is 96.5 cm³/mol. The molecule has 3 heterocycles. The van der Waals surface area contributed by atoms with E-state index in [1.807, 2.05) is 49.1 Å². The molecular weight excluding hydrogens is 314 g/mol. The maximum Gasteiger partial charge on any atom is 0.259 e. The number of hydrogen-bond donors (Lipinski definition) is 0. The summed E-state index contributed by atoms with van der Waals surface area (Å²) in [6.45, 7) is 5.53. The molecule has 4 rings (SSSR count). The Balaban J connectivity index is 1.84. The lowest BCUT2D eigenvalue weighted by atomic mass is 10.0. The van der Waals surface area contributed by atoms with Gasteiger partial charge < -0.3 is 9.42 Å². The minimum atomic E-state index is 0.0479. The van der Waals surface area contributed by atoms with Gasteiger partial charge >= 0.3 is 0 Å². The van der Waals surface area contributed by atoms with Crippen molar-refractivity contribution in [1.29, 1.82) is 0 Å². The summed E-state index contributed by atoms with van der Waals surface area (Å²) in [6.07, 6.45) is 3.32. The van der Waals surface area contributed by atoms with Crippen LogP contribution >= 0.6 is 0 Å². The molecule has 3 aromatic rings. The molecule has 1 amide bonds. The number of rotatable bonds is 2. The first-order valence-electron chi connectivity index (χ1n) is 8.77. The van der Waals surface area contributed by atoms with Crippen molar-refractivity contribution in [3.63, 3.8) is 0 Å². The van der Waals surface area contributed by atoms with Gasteiger partial charge in [-0.3, -0.25) is 4.79 Å². The van der Waals surface area contributed by atoms with Gasteiger partial charge in [-0.2, -0.15) is 0 Å². The zero-order valence-electron chi connectivity index (χ0n) is 14.6. The number of aromatic nitrogens is 2. The number of piperidine rings is 1. The molecule has 1 aliphatic rings. The van der Waals surface area contributed by atoms with Crippen LogP contribution in [-0.2, 0) is 0 Å². The molecule has 1 aliphatic heterocycles. The molecule has 0 radical (unpaired) electrons. The number of hydrogen-bond acceptors (Lipinski definition) is 4. The monoisotopic (exact) mass is 335 g/mol. The van der Waals surface area contributed by atoms with E-state index in [1.54, 1.807) is 0 Å². The van der Waals surface area contributed by atoms with Gasteiger partial charge in [0, 0.05) is 18.7 Å². The molecular formula is C20H21N3O2. The maximum absolute atomic E-state index is 13.1. The van der Waals surface area contributed by atoms with Gasteiger partial charge in [-0.1, -0.05) is 35.0 Å². The molecule has 0 N–H and O–H groups in total. The third kappa shape index (κ3) is 2.90. The lowest BCUT2D eigenvalue weighted by Gasteiger charge is -2.27. The summed E-state index contributed by atoms with van der Waals surface area (Å²) in [5.41, 5.74) is 4.67. The summed E-state index contributed by atoms with van der Waals surface area (Å²) >= 11 is 0. The SMILES string of the molecule is Cc1ccc(-c2cc(C(=O)N3CCCCC3)c3c(C)noc3n2)cc1. The molecule has 0 unspecified atom stereocenters. The number of nitrogens with zero attached hydrogens (tertiary/aromatic N) is 3. The van der Waals surface area contributed by atoms with Crippen LogP contribution < -0.4 is 0 Å². The molecule has 1 saturated heterocycles. The van der Waals surface area contributed by atoms with Crippen molar-refractivity contribution in [1.82, 2.24) is 15.0 Å². The van der Waals surface area contributed by atoms with Crippen LogP contribution in [0.1, 0.15) is 40.9 Å². The van der Waals surface area contributed by atoms with Gasteiger partial charge in [0.2, 0.25) is 0 Å². The van der Waals surface area contributed by atoms with Crippen LogP contribution in [0.5, 0.6) is 0 Å². The molecule has 1 fully saturated rings. The summed E-state index contributed by atoms with van der Waals surface area (Å²) in [5.74, 6) is 0.0479. The summed E-state index contributed by atoms with van der Waals surface area (Å²) in [7, 11) is 0. The van der Waals surface area contributed by atoms with E-state index in [4.69, 9.17) is 4.52 Å². The quantitative estimate of drug-likeness (QED) is 0.706. The topological polar surface area (TPSA) is 59.2 Å². The number of pyridine rings is 1. The van der Waals surface area contributed by atoms with Gasteiger partial charge in [-0.15, -0.1) is 0 Å². The van der Waals surface area contributed by atoms with Gasteiger partial charge in [-0.25, -0.2) is 4.98 Å². The Bertz CT molecular complexity index is 922. The average Bonchev–Trinajstić information content (AvgIpc) is 3.03. The molecule has 5 nitrogen and oxygen atoms in total. The zero-order chi connectivity index (χ0) is 17.4. The number of carbonyl (C=O) groups is 1. The summed E-state index contributed by atoms with van der Waals surface area (Å²) in [4.78, 5) is 19.6. The van der Waals surface area contributed by atoms with E-state index in [1.165, 1.54) is 12.0 Å². The second-order valence-electron chi connectivity index (χ2n) is 6.72. The minimum absolute atomic E-state index is 0.0479. The normalized spacial score (nSPS) is 14.9. The molecule has 5 heteroatoms. The van der Waals surface area contributed by atoms with Gasteiger partial charge in [0.15, 0.2) is 0 Å². The highest BCUT2D eigenvalue weighted by molar-refractivity contribution is 6.07. The number of amides is 1. The van der Waals surface area contributed by atoms with Gasteiger partial charge in [0.25, 0.3) is 11.6 Å². The Morgan fingerprint density at radius 1 is 1.08 bits per heavy atom. The van der Waals surface area contributed by atoms with Crippen LogP contribution in [0, 0.1) is 13.8 Å². The number of fused-ring (bicyclic) bond motifs is 1. The number of aryl methyl sites for hydroxylation is 2. The second-order valence-corrected chi connectivity index (χ2v) is 6.72. The van der Waals surface area contributed by atoms with Crippen LogP contribution in [-0.4, -0.2) is 34.0 Å². The molecule has 0 bridgehead atoms. The van der Waals surface area contributed by atoms with Crippen molar-refractivity contribution in [2.45, 2.75) is 33.1 Å². The summed E-state index contributed by atoms with van der Waals surface area (Å²) in [5, 5.41) is 4.75. The summed E-state index contributed by atoms with van der Waals surface area (Å²) < 4.78 is 5.38. The number of carbonyl (C=O) groups excluding carboxylic acids is 1. The maximum atomic E-state index is 13.1. The Labute approximate surface area is 146 Å². The van der Waals surface area contributed by atoms with Crippen LogP contribution in [0.15, 0.2) is 34.9 Å². The first kappa shape index (κ1) is 15.8. The molecule has 25 heavy (non-hydrogen) atoms. The smallest absolute Gasteiger partial charge is 0.259 e. The molecule has 0 spiro atoms. The highest BCUT2D eigenvalue weighted by Gasteiger charge is 2.24. The van der Waals surface area contributed by atoms with E-state index in [0.717, 1.165) is 42.6 Å². The predicted octanol–water partition coefficient (Wildman–Crippen LogP) is 4.13. The Morgan fingerprint density at radius 2 is 1.80 bits per heavy atom. The highest BCUT2D eigenvalue weighted by Crippen LogP contribution is 2.28. The number of benzene rings is 1. The third-order valence-electron chi connectivity index (χ3n) is 4.84. The van der Waals surface area contributed by atoms with Crippen molar-refractivity contribution in [2.24, 2.45) is 0 Å². The molecule has 0 aliphatic carbocycles. The fourth-order valence-electron chi connectivity index (χ4n) is 3.40.